The number of hydrogen-bond donors (Lipinski definition) is 1. The Morgan fingerprint density at radius 3 is 3.09 bits per heavy atom. The molecular weight excluding hydrogens is 294 g/mol. The van der Waals surface area contributed by atoms with Crippen LogP contribution in [0, 0.1) is 11.3 Å². The predicted octanol–water partition coefficient (Wildman–Crippen LogP) is 2.32. The Morgan fingerprint density at radius 1 is 1.52 bits per heavy atom. The number of carbonyl (C=O) groups excluding carboxylic acids is 1. The van der Waals surface area contributed by atoms with Crippen LogP contribution < -0.4 is 5.73 Å². The van der Waals surface area contributed by atoms with Gasteiger partial charge in [-0.2, -0.15) is 10.4 Å². The highest BCUT2D eigenvalue weighted by atomic mass is 16.5. The SMILES string of the molecule is N#CCC(=O)c1cnc(-c2ccnn2C2CCCCO2)cc1N. The molecule has 1 unspecified atom stereocenters. The number of anilines is 1. The van der Waals surface area contributed by atoms with Gasteiger partial charge in [0.15, 0.2) is 12.0 Å². The van der Waals surface area contributed by atoms with E-state index in [1.165, 1.54) is 6.20 Å². The van der Waals surface area contributed by atoms with Gasteiger partial charge in [0.1, 0.15) is 0 Å². The standard InChI is InChI=1S/C16H17N5O2/c17-6-4-15(22)11-10-19-13(9-12(11)18)14-5-7-20-21(14)16-3-1-2-8-23-16/h5,7,9-10,16H,1-4,8H2,(H2,18,19). The number of aromatic nitrogens is 3. The molecule has 1 fully saturated rings. The summed E-state index contributed by atoms with van der Waals surface area (Å²) in [6, 6.07) is 5.31. The van der Waals surface area contributed by atoms with Gasteiger partial charge in [-0.15, -0.1) is 0 Å². The Balaban J connectivity index is 1.91. The van der Waals surface area contributed by atoms with E-state index in [4.69, 9.17) is 15.7 Å². The number of ether oxygens (including phenoxy) is 1. The van der Waals surface area contributed by atoms with Crippen LogP contribution in [0.1, 0.15) is 42.3 Å². The lowest BCUT2D eigenvalue weighted by Gasteiger charge is -2.24. The summed E-state index contributed by atoms with van der Waals surface area (Å²) in [5.41, 5.74) is 7.96. The van der Waals surface area contributed by atoms with E-state index in [1.54, 1.807) is 16.9 Å². The van der Waals surface area contributed by atoms with Crippen LogP contribution in [0.3, 0.4) is 0 Å². The van der Waals surface area contributed by atoms with Gasteiger partial charge in [-0.3, -0.25) is 9.78 Å². The monoisotopic (exact) mass is 311 g/mol. The number of nitrogens with zero attached hydrogens (tertiary/aromatic N) is 4. The number of Topliss-reactive ketones (excluding diaryl/α,β-unsaturated/α-hetero) is 1. The fourth-order valence-electron chi connectivity index (χ4n) is 2.67. The van der Waals surface area contributed by atoms with Gasteiger partial charge in [0, 0.05) is 24.7 Å². The molecule has 3 rings (SSSR count). The predicted molar refractivity (Wildman–Crippen MR) is 83.3 cm³/mol. The third-order valence-corrected chi connectivity index (χ3v) is 3.84. The number of nitrogen functional groups attached to an aromatic ring is 1. The molecule has 1 aliphatic rings. The number of pyridine rings is 1. The van der Waals surface area contributed by atoms with Gasteiger partial charge in [-0.1, -0.05) is 0 Å². The zero-order valence-electron chi connectivity index (χ0n) is 12.6. The third-order valence-electron chi connectivity index (χ3n) is 3.84. The lowest BCUT2D eigenvalue weighted by molar-refractivity contribution is -0.0384. The molecule has 7 nitrogen and oxygen atoms in total. The molecule has 2 aromatic rings. The van der Waals surface area contributed by atoms with Crippen LogP contribution in [-0.2, 0) is 4.74 Å². The van der Waals surface area contributed by atoms with Crippen molar-refractivity contribution in [2.75, 3.05) is 12.3 Å². The molecule has 1 atom stereocenters. The van der Waals surface area contributed by atoms with Crippen molar-refractivity contribution in [3.05, 3.63) is 30.1 Å². The topological polar surface area (TPSA) is 107 Å². The van der Waals surface area contributed by atoms with E-state index in [0.717, 1.165) is 31.6 Å². The molecule has 23 heavy (non-hydrogen) atoms. The molecule has 2 aromatic heterocycles. The fraction of sp³-hybridized carbons (Fsp3) is 0.375. The maximum atomic E-state index is 11.8. The highest BCUT2D eigenvalue weighted by Crippen LogP contribution is 2.28. The van der Waals surface area contributed by atoms with Crippen molar-refractivity contribution in [3.8, 4) is 17.5 Å². The summed E-state index contributed by atoms with van der Waals surface area (Å²) in [6.45, 7) is 0.723. The first kappa shape index (κ1) is 15.2. The zero-order chi connectivity index (χ0) is 16.2. The summed E-state index contributed by atoms with van der Waals surface area (Å²) in [5.74, 6) is -0.326. The van der Waals surface area contributed by atoms with Gasteiger partial charge in [0.2, 0.25) is 0 Å². The van der Waals surface area contributed by atoms with Gasteiger partial charge in [0.05, 0.1) is 29.4 Å². The molecule has 2 N–H and O–H groups in total. The Labute approximate surface area is 133 Å². The first-order valence-corrected chi connectivity index (χ1v) is 7.52. The average molecular weight is 311 g/mol. The maximum absolute atomic E-state index is 11.8. The molecular formula is C16H17N5O2. The summed E-state index contributed by atoms with van der Waals surface area (Å²) in [5, 5.41) is 13.0. The van der Waals surface area contributed by atoms with E-state index >= 15 is 0 Å². The molecule has 3 heterocycles. The zero-order valence-corrected chi connectivity index (χ0v) is 12.6. The first-order chi connectivity index (χ1) is 11.2. The maximum Gasteiger partial charge on any atom is 0.180 e. The number of nitriles is 1. The van der Waals surface area contributed by atoms with E-state index < -0.39 is 0 Å². The molecule has 0 saturated carbocycles. The first-order valence-electron chi connectivity index (χ1n) is 7.52. The number of ketones is 1. The summed E-state index contributed by atoms with van der Waals surface area (Å²) in [4.78, 5) is 16.1. The van der Waals surface area contributed by atoms with E-state index in [9.17, 15) is 4.79 Å². The van der Waals surface area contributed by atoms with Crippen molar-refractivity contribution >= 4 is 11.5 Å². The minimum Gasteiger partial charge on any atom is -0.398 e. The highest BCUT2D eigenvalue weighted by molar-refractivity contribution is 6.01. The summed E-state index contributed by atoms with van der Waals surface area (Å²) < 4.78 is 7.56. The van der Waals surface area contributed by atoms with Crippen molar-refractivity contribution in [1.29, 1.82) is 5.26 Å². The van der Waals surface area contributed by atoms with Crippen molar-refractivity contribution in [2.45, 2.75) is 31.9 Å². The molecule has 0 spiro atoms. The van der Waals surface area contributed by atoms with Gasteiger partial charge in [-0.05, 0) is 31.4 Å². The quantitative estimate of drug-likeness (QED) is 0.868. The normalized spacial score (nSPS) is 17.6. The van der Waals surface area contributed by atoms with E-state index in [1.807, 2.05) is 12.1 Å². The van der Waals surface area contributed by atoms with Crippen molar-refractivity contribution < 1.29 is 9.53 Å². The van der Waals surface area contributed by atoms with Gasteiger partial charge < -0.3 is 10.5 Å². The number of carbonyl (C=O) groups is 1. The molecule has 0 aliphatic carbocycles. The number of rotatable bonds is 4. The van der Waals surface area contributed by atoms with Crippen LogP contribution in [0.4, 0.5) is 5.69 Å². The lowest BCUT2D eigenvalue weighted by atomic mass is 10.1. The summed E-state index contributed by atoms with van der Waals surface area (Å²) in [6.07, 6.45) is 5.87. The van der Waals surface area contributed by atoms with Crippen molar-refractivity contribution in [2.24, 2.45) is 0 Å². The van der Waals surface area contributed by atoms with Crippen molar-refractivity contribution in [1.82, 2.24) is 14.8 Å². The Hall–Kier alpha value is -2.72. The third kappa shape index (κ3) is 3.07. The van der Waals surface area contributed by atoms with E-state index in [-0.39, 0.29) is 24.0 Å². The molecule has 1 saturated heterocycles. The number of hydrogen-bond acceptors (Lipinski definition) is 6. The van der Waals surface area contributed by atoms with Gasteiger partial charge in [-0.25, -0.2) is 4.68 Å². The smallest absolute Gasteiger partial charge is 0.180 e. The second-order valence-electron chi connectivity index (χ2n) is 5.40. The van der Waals surface area contributed by atoms with E-state index in [2.05, 4.69) is 10.1 Å². The van der Waals surface area contributed by atoms with Crippen LogP contribution in [0.2, 0.25) is 0 Å². The van der Waals surface area contributed by atoms with Gasteiger partial charge >= 0.3 is 0 Å². The Kier molecular flexibility index (Phi) is 4.35. The second-order valence-corrected chi connectivity index (χ2v) is 5.40. The van der Waals surface area contributed by atoms with Crippen LogP contribution in [0.5, 0.6) is 0 Å². The second kappa shape index (κ2) is 6.58. The van der Waals surface area contributed by atoms with Crippen LogP contribution >= 0.6 is 0 Å². The minimum absolute atomic E-state index is 0.100. The van der Waals surface area contributed by atoms with Crippen LogP contribution in [0.15, 0.2) is 24.5 Å². The van der Waals surface area contributed by atoms with Crippen LogP contribution in [-0.4, -0.2) is 27.2 Å². The summed E-state index contributed by atoms with van der Waals surface area (Å²) in [7, 11) is 0. The average Bonchev–Trinajstić information content (AvgIpc) is 3.05. The minimum atomic E-state index is -0.326. The largest absolute Gasteiger partial charge is 0.398 e. The fourth-order valence-corrected chi connectivity index (χ4v) is 2.67. The summed E-state index contributed by atoms with van der Waals surface area (Å²) >= 11 is 0. The molecule has 7 heteroatoms. The van der Waals surface area contributed by atoms with Crippen LogP contribution in [0.25, 0.3) is 11.4 Å². The molecule has 1 aliphatic heterocycles. The van der Waals surface area contributed by atoms with Gasteiger partial charge in [0.25, 0.3) is 0 Å². The number of nitrogens with two attached hydrogens (primary N) is 1. The highest BCUT2D eigenvalue weighted by Gasteiger charge is 2.21. The lowest BCUT2D eigenvalue weighted by Crippen LogP contribution is -2.20. The molecule has 0 radical (unpaired) electrons. The molecule has 0 bridgehead atoms. The van der Waals surface area contributed by atoms with Crippen molar-refractivity contribution in [3.63, 3.8) is 0 Å². The molecule has 0 aromatic carbocycles. The van der Waals surface area contributed by atoms with E-state index in [0.29, 0.717) is 11.4 Å². The molecule has 0 amide bonds. The molecule has 118 valence electrons. The Morgan fingerprint density at radius 2 is 2.39 bits per heavy atom. The Bertz CT molecular complexity index is 756.